The van der Waals surface area contributed by atoms with E-state index in [0.29, 0.717) is 0 Å². The first-order valence-corrected chi connectivity index (χ1v) is 4.17. The first-order valence-electron chi connectivity index (χ1n) is 4.17. The van der Waals surface area contributed by atoms with E-state index in [1.807, 2.05) is 0 Å². The highest BCUT2D eigenvalue weighted by Crippen LogP contribution is 2.20. The van der Waals surface area contributed by atoms with Gasteiger partial charge >= 0.3 is 0 Å². The highest BCUT2D eigenvalue weighted by molar-refractivity contribution is 5.77. The lowest BCUT2D eigenvalue weighted by atomic mass is 10.1. The van der Waals surface area contributed by atoms with Gasteiger partial charge in [-0.15, -0.1) is 0 Å². The van der Waals surface area contributed by atoms with Gasteiger partial charge in [-0.25, -0.2) is 4.39 Å². The van der Waals surface area contributed by atoms with Crippen LogP contribution in [0.3, 0.4) is 0 Å². The molecule has 0 bridgehead atoms. The molecule has 12 heavy (non-hydrogen) atoms. The third kappa shape index (κ3) is 1.15. The van der Waals surface area contributed by atoms with Crippen LogP contribution in [0.1, 0.15) is 13.3 Å². The molecule has 2 rings (SSSR count). The second kappa shape index (κ2) is 2.73. The average Bonchev–Trinajstić information content (AvgIpc) is 2.46. The lowest BCUT2D eigenvalue weighted by Gasteiger charge is -2.15. The van der Waals surface area contributed by atoms with Crippen LogP contribution in [0.4, 0.5) is 4.39 Å². The molecule has 0 spiro atoms. The summed E-state index contributed by atoms with van der Waals surface area (Å²) in [6.45, 7) is 2.07. The smallest absolute Gasteiger partial charge is 0.139 e. The normalized spacial score (nSPS) is 32.2. The summed E-state index contributed by atoms with van der Waals surface area (Å²) in [7, 11) is 0. The van der Waals surface area contributed by atoms with Gasteiger partial charge in [0.25, 0.3) is 0 Å². The monoisotopic (exact) mass is 166 g/mol. The van der Waals surface area contributed by atoms with Gasteiger partial charge in [-0.1, -0.05) is 6.92 Å². The summed E-state index contributed by atoms with van der Waals surface area (Å²) in [6.07, 6.45) is 5.89. The number of dihydropyridines is 1. The fourth-order valence-electron chi connectivity index (χ4n) is 1.53. The number of allylic oxidation sites excluding steroid dienone is 2. The van der Waals surface area contributed by atoms with Crippen molar-refractivity contribution in [1.29, 1.82) is 0 Å². The van der Waals surface area contributed by atoms with Gasteiger partial charge in [0.2, 0.25) is 0 Å². The van der Waals surface area contributed by atoms with Gasteiger partial charge in [0, 0.05) is 5.70 Å². The van der Waals surface area contributed by atoms with E-state index in [2.05, 4.69) is 23.3 Å². The van der Waals surface area contributed by atoms with Gasteiger partial charge in [0.05, 0.1) is 18.3 Å². The molecule has 2 nitrogen and oxygen atoms in total. The first kappa shape index (κ1) is 7.53. The predicted octanol–water partition coefficient (Wildman–Crippen LogP) is 1.56. The maximum Gasteiger partial charge on any atom is 0.139 e. The first-order chi connectivity index (χ1) is 5.79. The fourth-order valence-corrected chi connectivity index (χ4v) is 1.53. The molecule has 0 saturated carbocycles. The largest absolute Gasteiger partial charge is 0.380 e. The molecule has 0 aromatic carbocycles. The molecule has 0 aliphatic carbocycles. The van der Waals surface area contributed by atoms with E-state index in [1.54, 1.807) is 6.08 Å². The van der Waals surface area contributed by atoms with Crippen LogP contribution < -0.4 is 5.32 Å². The Bertz CT molecular complexity index is 278. The van der Waals surface area contributed by atoms with E-state index in [9.17, 15) is 4.39 Å². The number of hydrogen-bond donors (Lipinski definition) is 1. The maximum atomic E-state index is 12.7. The van der Waals surface area contributed by atoms with E-state index in [4.69, 9.17) is 0 Å². The van der Waals surface area contributed by atoms with Crippen LogP contribution in [-0.2, 0) is 0 Å². The quantitative estimate of drug-likeness (QED) is 0.628. The Morgan fingerprint density at radius 1 is 1.58 bits per heavy atom. The summed E-state index contributed by atoms with van der Waals surface area (Å²) in [4.78, 5) is 4.06. The summed E-state index contributed by atoms with van der Waals surface area (Å²) < 4.78 is 12.7. The Kier molecular flexibility index (Phi) is 1.71. The summed E-state index contributed by atoms with van der Waals surface area (Å²) in [6, 6.07) is 0.157. The van der Waals surface area contributed by atoms with E-state index in [0.717, 1.165) is 12.1 Å². The topological polar surface area (TPSA) is 24.4 Å². The van der Waals surface area contributed by atoms with Crippen molar-refractivity contribution in [3.63, 3.8) is 0 Å². The molecule has 1 N–H and O–H groups in total. The molecule has 2 heterocycles. The fraction of sp³-hybridized carbons (Fsp3) is 0.444. The summed E-state index contributed by atoms with van der Waals surface area (Å²) >= 11 is 0. The molecule has 0 saturated heterocycles. The second-order valence-electron chi connectivity index (χ2n) is 3.04. The van der Waals surface area contributed by atoms with Crippen molar-refractivity contribution in [2.75, 3.05) is 0 Å². The highest BCUT2D eigenvalue weighted by atomic mass is 19.1. The van der Waals surface area contributed by atoms with Crippen molar-refractivity contribution in [2.24, 2.45) is 4.99 Å². The molecular formula is C9H11FN2. The van der Waals surface area contributed by atoms with Gasteiger partial charge in [0.15, 0.2) is 0 Å². The minimum absolute atomic E-state index is 0.0462. The number of halogens is 1. The summed E-state index contributed by atoms with van der Waals surface area (Å²) in [5.74, 6) is -0.241. The Labute approximate surface area is 70.9 Å². The predicted molar refractivity (Wildman–Crippen MR) is 46.8 cm³/mol. The molecule has 64 valence electrons. The van der Waals surface area contributed by atoms with Gasteiger partial charge in [-0.2, -0.15) is 0 Å². The molecule has 2 aliphatic rings. The Balaban J connectivity index is 2.18. The number of rotatable bonds is 1. The van der Waals surface area contributed by atoms with Crippen LogP contribution in [0.2, 0.25) is 0 Å². The lowest BCUT2D eigenvalue weighted by molar-refractivity contribution is 0.599. The van der Waals surface area contributed by atoms with Crippen molar-refractivity contribution in [2.45, 2.75) is 25.4 Å². The average molecular weight is 166 g/mol. The third-order valence-electron chi connectivity index (χ3n) is 2.18. The molecule has 2 atom stereocenters. The van der Waals surface area contributed by atoms with E-state index in [1.165, 1.54) is 6.21 Å². The van der Waals surface area contributed by atoms with Gasteiger partial charge in [0.1, 0.15) is 5.83 Å². The van der Waals surface area contributed by atoms with Gasteiger partial charge in [-0.05, 0) is 18.6 Å². The standard InChI is InChI=1S/C9H11FN2/c1-2-7-4-8-9(12-7)3-6(10)5-11-8/h3-5,8-9,12H,2H2,1H3. The van der Waals surface area contributed by atoms with Crippen LogP contribution in [0.25, 0.3) is 0 Å². The van der Waals surface area contributed by atoms with Crippen LogP contribution in [0, 0.1) is 0 Å². The van der Waals surface area contributed by atoms with Crippen LogP contribution in [0.15, 0.2) is 28.7 Å². The number of nitrogens with one attached hydrogen (secondary N) is 1. The molecule has 0 radical (unpaired) electrons. The number of fused-ring (bicyclic) bond motifs is 1. The molecule has 0 fully saturated rings. The van der Waals surface area contributed by atoms with E-state index < -0.39 is 0 Å². The van der Waals surface area contributed by atoms with Crippen molar-refractivity contribution in [3.05, 3.63) is 23.7 Å². The minimum atomic E-state index is -0.241. The number of hydrogen-bond acceptors (Lipinski definition) is 2. The van der Waals surface area contributed by atoms with Crippen molar-refractivity contribution in [1.82, 2.24) is 5.32 Å². The summed E-state index contributed by atoms with van der Waals surface area (Å²) in [5.41, 5.74) is 1.16. The SMILES string of the molecule is CCC1=CC2N=CC(F)=CC2N1. The van der Waals surface area contributed by atoms with Crippen molar-refractivity contribution in [3.8, 4) is 0 Å². The number of aliphatic imine (C=N–C) groups is 1. The summed E-state index contributed by atoms with van der Waals surface area (Å²) in [5, 5.41) is 3.20. The highest BCUT2D eigenvalue weighted by Gasteiger charge is 2.26. The third-order valence-corrected chi connectivity index (χ3v) is 2.18. The number of nitrogens with zero attached hydrogens (tertiary/aromatic N) is 1. The Morgan fingerprint density at radius 3 is 3.17 bits per heavy atom. The lowest BCUT2D eigenvalue weighted by Crippen LogP contribution is -2.30. The van der Waals surface area contributed by atoms with Gasteiger partial charge < -0.3 is 5.32 Å². The second-order valence-corrected chi connectivity index (χ2v) is 3.04. The molecule has 0 amide bonds. The molecule has 3 heteroatoms. The van der Waals surface area contributed by atoms with Gasteiger partial charge in [-0.3, -0.25) is 4.99 Å². The van der Waals surface area contributed by atoms with Crippen LogP contribution >= 0.6 is 0 Å². The van der Waals surface area contributed by atoms with Crippen molar-refractivity contribution >= 4 is 6.21 Å². The molecular weight excluding hydrogens is 155 g/mol. The zero-order chi connectivity index (χ0) is 8.55. The molecule has 0 aromatic heterocycles. The van der Waals surface area contributed by atoms with E-state index >= 15 is 0 Å². The van der Waals surface area contributed by atoms with Crippen molar-refractivity contribution < 1.29 is 4.39 Å². The zero-order valence-electron chi connectivity index (χ0n) is 6.92. The van der Waals surface area contributed by atoms with Crippen LogP contribution in [0.5, 0.6) is 0 Å². The molecule has 2 unspecified atom stereocenters. The molecule has 0 aromatic rings. The van der Waals surface area contributed by atoms with Crippen LogP contribution in [-0.4, -0.2) is 18.3 Å². The minimum Gasteiger partial charge on any atom is -0.380 e. The van der Waals surface area contributed by atoms with E-state index in [-0.39, 0.29) is 17.9 Å². The maximum absolute atomic E-state index is 12.7. The Hall–Kier alpha value is -1.12. The Morgan fingerprint density at radius 2 is 2.42 bits per heavy atom. The molecule has 2 aliphatic heterocycles. The zero-order valence-corrected chi connectivity index (χ0v) is 6.92.